The van der Waals surface area contributed by atoms with E-state index in [-0.39, 0.29) is 4.90 Å². The lowest BCUT2D eigenvalue weighted by Gasteiger charge is -2.08. The van der Waals surface area contributed by atoms with Crippen LogP contribution in [0.1, 0.15) is 5.56 Å². The first-order valence-electron chi connectivity index (χ1n) is 6.98. The van der Waals surface area contributed by atoms with E-state index >= 15 is 0 Å². The Balaban J connectivity index is 1.79. The van der Waals surface area contributed by atoms with Crippen molar-refractivity contribution in [2.45, 2.75) is 10.6 Å². The van der Waals surface area contributed by atoms with Crippen molar-refractivity contribution in [1.29, 1.82) is 0 Å². The second kappa shape index (κ2) is 8.59. The number of rotatable bonds is 8. The predicted molar refractivity (Wildman–Crippen MR) is 95.8 cm³/mol. The first-order chi connectivity index (χ1) is 11.0. The highest BCUT2D eigenvalue weighted by atomic mass is 35.5. The second-order valence-corrected chi connectivity index (χ2v) is 8.00. The SMILES string of the molecule is COc1ccc(S(=O)(=O)NCCSCc2ccccc2Cl)cc1. The summed E-state index contributed by atoms with van der Waals surface area (Å²) in [5, 5.41) is 0.735. The standard InChI is InChI=1S/C16H18ClNO3S2/c1-21-14-6-8-15(9-7-14)23(19,20)18-10-11-22-12-13-4-2-3-5-16(13)17/h2-9,18H,10-12H2,1H3. The molecule has 0 spiro atoms. The summed E-state index contributed by atoms with van der Waals surface area (Å²) in [7, 11) is -1.94. The Bertz CT molecular complexity index is 733. The molecule has 0 unspecified atom stereocenters. The Morgan fingerprint density at radius 2 is 1.83 bits per heavy atom. The van der Waals surface area contributed by atoms with Crippen molar-refractivity contribution in [2.24, 2.45) is 0 Å². The number of benzene rings is 2. The first kappa shape index (κ1) is 18.1. The lowest BCUT2D eigenvalue weighted by molar-refractivity contribution is 0.414. The zero-order valence-electron chi connectivity index (χ0n) is 12.7. The molecule has 0 aliphatic carbocycles. The van der Waals surface area contributed by atoms with E-state index in [1.165, 1.54) is 19.2 Å². The van der Waals surface area contributed by atoms with Crippen molar-refractivity contribution in [3.8, 4) is 5.75 Å². The van der Waals surface area contributed by atoms with Crippen LogP contribution in [0.5, 0.6) is 5.75 Å². The Hall–Kier alpha value is -1.21. The highest BCUT2D eigenvalue weighted by Crippen LogP contribution is 2.20. The third-order valence-corrected chi connectivity index (χ3v) is 5.98. The van der Waals surface area contributed by atoms with Crippen LogP contribution in [0.15, 0.2) is 53.4 Å². The van der Waals surface area contributed by atoms with Crippen molar-refractivity contribution >= 4 is 33.4 Å². The molecule has 0 aliphatic rings. The molecule has 0 amide bonds. The topological polar surface area (TPSA) is 55.4 Å². The number of thioether (sulfide) groups is 1. The number of methoxy groups -OCH3 is 1. The fourth-order valence-electron chi connectivity index (χ4n) is 1.88. The van der Waals surface area contributed by atoms with Gasteiger partial charge in [0.1, 0.15) is 5.75 Å². The second-order valence-electron chi connectivity index (χ2n) is 4.72. The first-order valence-corrected chi connectivity index (χ1v) is 9.99. The van der Waals surface area contributed by atoms with Gasteiger partial charge in [-0.1, -0.05) is 29.8 Å². The number of halogens is 1. The van der Waals surface area contributed by atoms with Gasteiger partial charge in [-0.05, 0) is 35.9 Å². The maximum absolute atomic E-state index is 12.1. The molecule has 124 valence electrons. The van der Waals surface area contributed by atoms with E-state index in [0.29, 0.717) is 18.0 Å². The van der Waals surface area contributed by atoms with Crippen LogP contribution in [-0.4, -0.2) is 27.8 Å². The molecule has 0 saturated carbocycles. The maximum atomic E-state index is 12.1. The van der Waals surface area contributed by atoms with Crippen LogP contribution in [0.3, 0.4) is 0 Å². The summed E-state index contributed by atoms with van der Waals surface area (Å²) < 4.78 is 31.9. The molecule has 0 aliphatic heterocycles. The Kier molecular flexibility index (Phi) is 6.77. The molecule has 0 aromatic heterocycles. The summed E-state index contributed by atoms with van der Waals surface area (Å²) in [6.07, 6.45) is 0. The number of nitrogens with one attached hydrogen (secondary N) is 1. The van der Waals surface area contributed by atoms with Gasteiger partial charge in [-0.3, -0.25) is 0 Å². The molecular formula is C16H18ClNO3S2. The molecule has 0 bridgehead atoms. The molecular weight excluding hydrogens is 354 g/mol. The van der Waals surface area contributed by atoms with Crippen LogP contribution in [0.25, 0.3) is 0 Å². The molecule has 2 aromatic rings. The Labute approximate surface area is 146 Å². The van der Waals surface area contributed by atoms with Crippen LogP contribution in [-0.2, 0) is 15.8 Å². The van der Waals surface area contributed by atoms with E-state index in [1.54, 1.807) is 23.9 Å². The molecule has 0 saturated heterocycles. The number of ether oxygens (including phenoxy) is 1. The largest absolute Gasteiger partial charge is 0.497 e. The van der Waals surface area contributed by atoms with Crippen molar-refractivity contribution in [1.82, 2.24) is 4.72 Å². The quantitative estimate of drug-likeness (QED) is 0.721. The monoisotopic (exact) mass is 371 g/mol. The zero-order valence-corrected chi connectivity index (χ0v) is 15.0. The molecule has 0 atom stereocenters. The van der Waals surface area contributed by atoms with E-state index in [0.717, 1.165) is 16.3 Å². The van der Waals surface area contributed by atoms with Gasteiger partial charge < -0.3 is 4.74 Å². The number of hydrogen-bond donors (Lipinski definition) is 1. The molecule has 2 aromatic carbocycles. The van der Waals surface area contributed by atoms with E-state index in [4.69, 9.17) is 16.3 Å². The highest BCUT2D eigenvalue weighted by Gasteiger charge is 2.13. The lowest BCUT2D eigenvalue weighted by Crippen LogP contribution is -2.26. The summed E-state index contributed by atoms with van der Waals surface area (Å²) in [4.78, 5) is 0.231. The average molecular weight is 372 g/mol. The summed E-state index contributed by atoms with van der Waals surface area (Å²) in [6, 6.07) is 14.0. The van der Waals surface area contributed by atoms with Gasteiger partial charge >= 0.3 is 0 Å². The van der Waals surface area contributed by atoms with Crippen LogP contribution >= 0.6 is 23.4 Å². The predicted octanol–water partition coefficient (Wildman–Crippen LogP) is 3.56. The smallest absolute Gasteiger partial charge is 0.240 e. The minimum atomic E-state index is -3.48. The van der Waals surface area contributed by atoms with Gasteiger partial charge in [0.05, 0.1) is 12.0 Å². The van der Waals surface area contributed by atoms with Crippen LogP contribution in [0, 0.1) is 0 Å². The van der Waals surface area contributed by atoms with Gasteiger partial charge in [0, 0.05) is 23.1 Å². The van der Waals surface area contributed by atoms with E-state index in [1.807, 2.05) is 24.3 Å². The fraction of sp³-hybridized carbons (Fsp3) is 0.250. The summed E-state index contributed by atoms with van der Waals surface area (Å²) >= 11 is 7.71. The van der Waals surface area contributed by atoms with Crippen molar-refractivity contribution in [3.05, 3.63) is 59.1 Å². The van der Waals surface area contributed by atoms with Gasteiger partial charge in [-0.2, -0.15) is 11.8 Å². The minimum absolute atomic E-state index is 0.231. The minimum Gasteiger partial charge on any atom is -0.497 e. The summed E-state index contributed by atoms with van der Waals surface area (Å²) in [5.74, 6) is 2.05. The van der Waals surface area contributed by atoms with Gasteiger partial charge in [-0.15, -0.1) is 0 Å². The van der Waals surface area contributed by atoms with Crippen LogP contribution in [0.4, 0.5) is 0 Å². The maximum Gasteiger partial charge on any atom is 0.240 e. The van der Waals surface area contributed by atoms with E-state index in [9.17, 15) is 8.42 Å². The molecule has 0 fully saturated rings. The van der Waals surface area contributed by atoms with Crippen LogP contribution in [0.2, 0.25) is 5.02 Å². The molecule has 1 N–H and O–H groups in total. The molecule has 23 heavy (non-hydrogen) atoms. The molecule has 0 heterocycles. The number of hydrogen-bond acceptors (Lipinski definition) is 4. The van der Waals surface area contributed by atoms with Crippen molar-refractivity contribution < 1.29 is 13.2 Å². The molecule has 4 nitrogen and oxygen atoms in total. The van der Waals surface area contributed by atoms with Crippen LogP contribution < -0.4 is 9.46 Å². The van der Waals surface area contributed by atoms with Gasteiger partial charge in [-0.25, -0.2) is 13.1 Å². The molecule has 7 heteroatoms. The normalized spacial score (nSPS) is 11.4. The molecule has 2 rings (SSSR count). The van der Waals surface area contributed by atoms with Gasteiger partial charge in [0.15, 0.2) is 0 Å². The number of sulfonamides is 1. The summed E-state index contributed by atoms with van der Waals surface area (Å²) in [5.41, 5.74) is 1.05. The van der Waals surface area contributed by atoms with Crippen molar-refractivity contribution in [3.63, 3.8) is 0 Å². The highest BCUT2D eigenvalue weighted by molar-refractivity contribution is 7.98. The zero-order chi connectivity index (χ0) is 16.7. The van der Waals surface area contributed by atoms with E-state index < -0.39 is 10.0 Å². The Morgan fingerprint density at radius 3 is 2.48 bits per heavy atom. The summed E-state index contributed by atoms with van der Waals surface area (Å²) in [6.45, 7) is 0.365. The van der Waals surface area contributed by atoms with Crippen molar-refractivity contribution in [2.75, 3.05) is 19.4 Å². The Morgan fingerprint density at radius 1 is 1.13 bits per heavy atom. The third-order valence-electron chi connectivity index (χ3n) is 3.12. The van der Waals surface area contributed by atoms with Gasteiger partial charge in [0.2, 0.25) is 10.0 Å². The lowest BCUT2D eigenvalue weighted by atomic mass is 10.2. The average Bonchev–Trinajstić information content (AvgIpc) is 2.56. The van der Waals surface area contributed by atoms with E-state index in [2.05, 4.69) is 4.72 Å². The van der Waals surface area contributed by atoms with Gasteiger partial charge in [0.25, 0.3) is 0 Å². The molecule has 0 radical (unpaired) electrons. The third kappa shape index (κ3) is 5.42. The fourth-order valence-corrected chi connectivity index (χ4v) is 4.19.